The highest BCUT2D eigenvalue weighted by Gasteiger charge is 2.17. The first kappa shape index (κ1) is 16.6. The number of carbonyl (C=O) groups excluding carboxylic acids is 1. The quantitative estimate of drug-likeness (QED) is 0.643. The molecule has 0 bridgehead atoms. The van der Waals surface area contributed by atoms with Crippen LogP contribution in [-0.2, 0) is 11.3 Å². The smallest absolute Gasteiger partial charge is 0.231 e. The lowest BCUT2D eigenvalue weighted by Gasteiger charge is -2.13. The van der Waals surface area contributed by atoms with Crippen molar-refractivity contribution in [3.63, 3.8) is 0 Å². The highest BCUT2D eigenvalue weighted by Crippen LogP contribution is 2.24. The van der Waals surface area contributed by atoms with Gasteiger partial charge in [-0.1, -0.05) is 23.9 Å². The van der Waals surface area contributed by atoms with Gasteiger partial charge < -0.3 is 19.4 Å². The molecule has 126 valence electrons. The summed E-state index contributed by atoms with van der Waals surface area (Å²) < 4.78 is 7.32. The summed E-state index contributed by atoms with van der Waals surface area (Å²) in [6.07, 6.45) is 1.52. The zero-order valence-corrected chi connectivity index (χ0v) is 14.1. The fraction of sp³-hybridized carbons (Fsp3) is 0.294. The maximum atomic E-state index is 12.2. The van der Waals surface area contributed by atoms with Gasteiger partial charge in [0.15, 0.2) is 5.16 Å². The highest BCUT2D eigenvalue weighted by atomic mass is 32.2. The van der Waals surface area contributed by atoms with E-state index in [0.717, 1.165) is 22.7 Å². The molecule has 3 aromatic rings. The van der Waals surface area contributed by atoms with E-state index in [2.05, 4.69) is 21.8 Å². The summed E-state index contributed by atoms with van der Waals surface area (Å²) in [5.41, 5.74) is 1.98. The first-order chi connectivity index (χ1) is 11.7. The van der Waals surface area contributed by atoms with Crippen molar-refractivity contribution in [2.75, 3.05) is 12.4 Å². The van der Waals surface area contributed by atoms with Crippen LogP contribution in [0.1, 0.15) is 18.7 Å². The number of nitrogens with zero attached hydrogens (tertiary/aromatic N) is 2. The number of para-hydroxylation sites is 2. The third-order valence-electron chi connectivity index (χ3n) is 3.67. The van der Waals surface area contributed by atoms with Crippen LogP contribution in [0.2, 0.25) is 0 Å². The van der Waals surface area contributed by atoms with Gasteiger partial charge in [0.1, 0.15) is 11.8 Å². The molecule has 1 amide bonds. The lowest BCUT2D eigenvalue weighted by atomic mass is 10.2. The number of hydrogen-bond acceptors (Lipinski definition) is 5. The number of carbonyl (C=O) groups is 1. The number of imidazole rings is 1. The standard InChI is InChI=1S/C17H19N3O3S/c1-2-20-14-7-4-3-6-12(14)19-17(20)24-11-16(22)18-13(10-21)15-8-5-9-23-15/h3-9,13,21H,2,10-11H2,1H3,(H,18,22). The number of thioether (sulfide) groups is 1. The number of aliphatic hydroxyl groups excluding tert-OH is 1. The van der Waals surface area contributed by atoms with Crippen LogP contribution in [0.3, 0.4) is 0 Å². The van der Waals surface area contributed by atoms with E-state index in [-0.39, 0.29) is 18.3 Å². The van der Waals surface area contributed by atoms with Gasteiger partial charge in [-0.05, 0) is 31.2 Å². The third kappa shape index (κ3) is 3.47. The molecule has 2 aromatic heterocycles. The molecule has 0 radical (unpaired) electrons. The Kier molecular flexibility index (Phi) is 5.22. The molecule has 0 aliphatic rings. The van der Waals surface area contributed by atoms with Crippen molar-refractivity contribution in [2.45, 2.75) is 24.7 Å². The van der Waals surface area contributed by atoms with E-state index < -0.39 is 6.04 Å². The van der Waals surface area contributed by atoms with Crippen LogP contribution in [0.4, 0.5) is 0 Å². The molecular weight excluding hydrogens is 326 g/mol. The second-order valence-corrected chi connectivity index (χ2v) is 6.18. The Morgan fingerprint density at radius 1 is 1.38 bits per heavy atom. The number of nitrogens with one attached hydrogen (secondary N) is 1. The zero-order valence-electron chi connectivity index (χ0n) is 13.3. The van der Waals surface area contributed by atoms with Crippen molar-refractivity contribution < 1.29 is 14.3 Å². The topological polar surface area (TPSA) is 80.3 Å². The Morgan fingerprint density at radius 2 is 2.21 bits per heavy atom. The van der Waals surface area contributed by atoms with E-state index in [1.165, 1.54) is 18.0 Å². The fourth-order valence-corrected chi connectivity index (χ4v) is 3.42. The molecule has 0 saturated carbocycles. The van der Waals surface area contributed by atoms with E-state index in [1.807, 2.05) is 24.3 Å². The van der Waals surface area contributed by atoms with Crippen molar-refractivity contribution in [3.05, 3.63) is 48.4 Å². The second-order valence-electron chi connectivity index (χ2n) is 5.23. The number of aryl methyl sites for hydroxylation is 1. The van der Waals surface area contributed by atoms with E-state index >= 15 is 0 Å². The third-order valence-corrected chi connectivity index (χ3v) is 4.65. The second kappa shape index (κ2) is 7.55. The molecule has 3 rings (SSSR count). The van der Waals surface area contributed by atoms with Crippen LogP contribution in [0, 0.1) is 0 Å². The first-order valence-electron chi connectivity index (χ1n) is 7.74. The summed E-state index contributed by atoms with van der Waals surface area (Å²) in [6.45, 7) is 2.63. The Morgan fingerprint density at radius 3 is 2.92 bits per heavy atom. The Bertz CT molecular complexity index is 814. The summed E-state index contributed by atoms with van der Waals surface area (Å²) in [7, 11) is 0. The molecule has 6 nitrogen and oxygen atoms in total. The average molecular weight is 345 g/mol. The minimum atomic E-state index is -0.530. The number of hydrogen-bond donors (Lipinski definition) is 2. The Labute approximate surface area is 143 Å². The molecule has 0 spiro atoms. The Hall–Kier alpha value is -2.25. The van der Waals surface area contributed by atoms with Crippen LogP contribution in [0.25, 0.3) is 11.0 Å². The fourth-order valence-electron chi connectivity index (χ4n) is 2.53. The van der Waals surface area contributed by atoms with Gasteiger partial charge in [-0.2, -0.15) is 0 Å². The number of amides is 1. The lowest BCUT2D eigenvalue weighted by Crippen LogP contribution is -2.31. The molecule has 0 aliphatic carbocycles. The lowest BCUT2D eigenvalue weighted by molar-refractivity contribution is -0.119. The van der Waals surface area contributed by atoms with Crippen LogP contribution in [0.15, 0.2) is 52.2 Å². The molecule has 1 atom stereocenters. The summed E-state index contributed by atoms with van der Waals surface area (Å²) in [5.74, 6) is 0.586. The largest absolute Gasteiger partial charge is 0.467 e. The van der Waals surface area contributed by atoms with E-state index in [0.29, 0.717) is 5.76 Å². The van der Waals surface area contributed by atoms with E-state index in [1.54, 1.807) is 12.1 Å². The number of benzene rings is 1. The van der Waals surface area contributed by atoms with Crippen LogP contribution >= 0.6 is 11.8 Å². The minimum absolute atomic E-state index is 0.176. The van der Waals surface area contributed by atoms with Crippen molar-refractivity contribution in [1.29, 1.82) is 0 Å². The van der Waals surface area contributed by atoms with Gasteiger partial charge in [0.2, 0.25) is 5.91 Å². The molecule has 0 fully saturated rings. The van der Waals surface area contributed by atoms with Crippen molar-refractivity contribution in [2.24, 2.45) is 0 Å². The molecule has 1 unspecified atom stereocenters. The molecule has 0 saturated heterocycles. The van der Waals surface area contributed by atoms with Gasteiger partial charge in [-0.15, -0.1) is 0 Å². The summed E-state index contributed by atoms with van der Waals surface area (Å²) in [5, 5.41) is 13.0. The van der Waals surface area contributed by atoms with Crippen LogP contribution in [0.5, 0.6) is 0 Å². The van der Waals surface area contributed by atoms with Crippen LogP contribution < -0.4 is 5.32 Å². The van der Waals surface area contributed by atoms with E-state index in [4.69, 9.17) is 4.42 Å². The maximum Gasteiger partial charge on any atom is 0.231 e. The average Bonchev–Trinajstić information content (AvgIpc) is 3.24. The zero-order chi connectivity index (χ0) is 16.9. The summed E-state index contributed by atoms with van der Waals surface area (Å²) in [4.78, 5) is 16.8. The number of aromatic nitrogens is 2. The molecule has 1 aromatic carbocycles. The highest BCUT2D eigenvalue weighted by molar-refractivity contribution is 7.99. The van der Waals surface area contributed by atoms with Gasteiger partial charge in [0, 0.05) is 6.54 Å². The predicted molar refractivity (Wildman–Crippen MR) is 92.8 cm³/mol. The number of rotatable bonds is 7. The van der Waals surface area contributed by atoms with Crippen molar-refractivity contribution >= 4 is 28.7 Å². The molecule has 2 heterocycles. The normalized spacial score (nSPS) is 12.4. The number of aliphatic hydroxyl groups is 1. The molecule has 7 heteroatoms. The van der Waals surface area contributed by atoms with Gasteiger partial charge in [-0.3, -0.25) is 4.79 Å². The van der Waals surface area contributed by atoms with Crippen molar-refractivity contribution in [3.8, 4) is 0 Å². The van der Waals surface area contributed by atoms with Crippen LogP contribution in [-0.4, -0.2) is 32.9 Å². The molecule has 0 aliphatic heterocycles. The van der Waals surface area contributed by atoms with Gasteiger partial charge in [-0.25, -0.2) is 4.98 Å². The number of fused-ring (bicyclic) bond motifs is 1. The minimum Gasteiger partial charge on any atom is -0.467 e. The molecule has 2 N–H and O–H groups in total. The van der Waals surface area contributed by atoms with Crippen molar-refractivity contribution in [1.82, 2.24) is 14.9 Å². The maximum absolute atomic E-state index is 12.2. The first-order valence-corrected chi connectivity index (χ1v) is 8.73. The Balaban J connectivity index is 1.66. The SMILES string of the molecule is CCn1c(SCC(=O)NC(CO)c2ccco2)nc2ccccc21. The summed E-state index contributed by atoms with van der Waals surface area (Å²) in [6, 6.07) is 10.8. The molecular formula is C17H19N3O3S. The molecule has 24 heavy (non-hydrogen) atoms. The van der Waals surface area contributed by atoms with Gasteiger partial charge in [0.05, 0.1) is 29.7 Å². The predicted octanol–water partition coefficient (Wildman–Crippen LogP) is 2.59. The number of furan rings is 1. The van der Waals surface area contributed by atoms with Gasteiger partial charge in [0.25, 0.3) is 0 Å². The van der Waals surface area contributed by atoms with Gasteiger partial charge >= 0.3 is 0 Å². The summed E-state index contributed by atoms with van der Waals surface area (Å²) >= 11 is 1.38. The monoisotopic (exact) mass is 345 g/mol. The van der Waals surface area contributed by atoms with E-state index in [9.17, 15) is 9.90 Å².